The van der Waals surface area contributed by atoms with Crippen LogP contribution in [-0.2, 0) is 4.79 Å². The van der Waals surface area contributed by atoms with Crippen molar-refractivity contribution < 1.29 is 13.6 Å². The number of aromatic amines is 1. The van der Waals surface area contributed by atoms with E-state index in [1.165, 1.54) is 0 Å². The van der Waals surface area contributed by atoms with E-state index in [0.29, 0.717) is 10.2 Å². The van der Waals surface area contributed by atoms with Crippen molar-refractivity contribution in [2.24, 2.45) is 0 Å². The second-order valence-corrected chi connectivity index (χ2v) is 6.06. The number of nitrogens with zero attached hydrogens (tertiary/aromatic N) is 1. The minimum atomic E-state index is -0.692. The summed E-state index contributed by atoms with van der Waals surface area (Å²) in [5.41, 5.74) is 1.30. The molecule has 3 rings (SSSR count). The molecule has 0 aliphatic rings. The number of anilines is 1. The molecule has 1 amide bonds. The zero-order chi connectivity index (χ0) is 16.4. The van der Waals surface area contributed by atoms with Gasteiger partial charge in [-0.15, -0.1) is 0 Å². The summed E-state index contributed by atoms with van der Waals surface area (Å²) in [5, 5.41) is 3.45. The molecule has 1 heterocycles. The summed E-state index contributed by atoms with van der Waals surface area (Å²) in [6, 6.07) is 8.09. The molecule has 4 nitrogen and oxygen atoms in total. The van der Waals surface area contributed by atoms with Gasteiger partial charge < -0.3 is 10.3 Å². The maximum Gasteiger partial charge on any atom is 0.234 e. The van der Waals surface area contributed by atoms with Gasteiger partial charge in [0.05, 0.1) is 22.5 Å². The van der Waals surface area contributed by atoms with Gasteiger partial charge in [-0.1, -0.05) is 23.4 Å². The summed E-state index contributed by atoms with van der Waals surface area (Å²) < 4.78 is 26.5. The van der Waals surface area contributed by atoms with Crippen molar-refractivity contribution in [2.45, 2.75) is 5.16 Å². The van der Waals surface area contributed by atoms with E-state index in [1.54, 1.807) is 18.2 Å². The Hall–Kier alpha value is -2.12. The number of fused-ring (bicyclic) bond motifs is 1. The fraction of sp³-hybridized carbons (Fsp3) is 0.0667. The normalized spacial score (nSPS) is 10.9. The third kappa shape index (κ3) is 3.80. The molecular weight excluding hydrogens is 344 g/mol. The Labute approximate surface area is 139 Å². The molecule has 0 saturated carbocycles. The number of H-pyrrole nitrogens is 1. The number of nitrogens with one attached hydrogen (secondary N) is 2. The van der Waals surface area contributed by atoms with Gasteiger partial charge in [-0.05, 0) is 30.3 Å². The van der Waals surface area contributed by atoms with E-state index < -0.39 is 17.5 Å². The summed E-state index contributed by atoms with van der Waals surface area (Å²) in [5.74, 6) is -1.77. The van der Waals surface area contributed by atoms with Crippen molar-refractivity contribution in [3.63, 3.8) is 0 Å². The molecule has 118 valence electrons. The van der Waals surface area contributed by atoms with Crippen molar-refractivity contribution in [1.82, 2.24) is 9.97 Å². The average molecular weight is 354 g/mol. The highest BCUT2D eigenvalue weighted by Crippen LogP contribution is 2.22. The predicted octanol–water partition coefficient (Wildman–Crippen LogP) is 4.23. The summed E-state index contributed by atoms with van der Waals surface area (Å²) in [6.07, 6.45) is 0. The van der Waals surface area contributed by atoms with Gasteiger partial charge in [0.15, 0.2) is 5.16 Å². The van der Waals surface area contributed by atoms with Gasteiger partial charge in [0.2, 0.25) is 5.91 Å². The van der Waals surface area contributed by atoms with Gasteiger partial charge in [-0.25, -0.2) is 13.8 Å². The zero-order valence-electron chi connectivity index (χ0n) is 11.6. The first-order chi connectivity index (χ1) is 11.0. The van der Waals surface area contributed by atoms with E-state index >= 15 is 0 Å². The smallest absolute Gasteiger partial charge is 0.234 e. The fourth-order valence-corrected chi connectivity index (χ4v) is 2.80. The highest BCUT2D eigenvalue weighted by molar-refractivity contribution is 7.99. The molecule has 0 unspecified atom stereocenters. The average Bonchev–Trinajstić information content (AvgIpc) is 2.91. The van der Waals surface area contributed by atoms with Crippen LogP contribution >= 0.6 is 23.4 Å². The lowest BCUT2D eigenvalue weighted by molar-refractivity contribution is -0.113. The van der Waals surface area contributed by atoms with E-state index in [1.807, 2.05) is 0 Å². The van der Waals surface area contributed by atoms with Crippen molar-refractivity contribution in [3.05, 3.63) is 53.1 Å². The molecule has 8 heteroatoms. The molecule has 0 fully saturated rings. The number of aromatic nitrogens is 2. The number of benzene rings is 2. The first-order valence-corrected chi connectivity index (χ1v) is 7.90. The number of carbonyl (C=O) groups excluding carboxylic acids is 1. The second-order valence-electron chi connectivity index (χ2n) is 4.66. The first kappa shape index (κ1) is 15.8. The third-order valence-corrected chi connectivity index (χ3v) is 4.07. The molecule has 0 saturated heterocycles. The number of carbonyl (C=O) groups is 1. The Morgan fingerprint density at radius 3 is 2.91 bits per heavy atom. The van der Waals surface area contributed by atoms with E-state index in [4.69, 9.17) is 11.6 Å². The minimum absolute atomic E-state index is 0.00348. The standard InChI is InChI=1S/C15H10ClF2N3OS/c16-8-1-4-11-13(5-8)21-15(20-11)23-7-14(22)19-12-6-9(17)2-3-10(12)18/h1-6H,7H2,(H,19,22)(H,20,21). The Morgan fingerprint density at radius 2 is 2.09 bits per heavy atom. The maximum absolute atomic E-state index is 13.5. The number of amides is 1. The number of rotatable bonds is 4. The van der Waals surface area contributed by atoms with Crippen LogP contribution < -0.4 is 5.32 Å². The van der Waals surface area contributed by atoms with Crippen LogP contribution in [0.25, 0.3) is 11.0 Å². The summed E-state index contributed by atoms with van der Waals surface area (Å²) >= 11 is 7.04. The van der Waals surface area contributed by atoms with Crippen LogP contribution in [0.15, 0.2) is 41.6 Å². The van der Waals surface area contributed by atoms with Crippen LogP contribution in [-0.4, -0.2) is 21.6 Å². The van der Waals surface area contributed by atoms with E-state index in [-0.39, 0.29) is 11.4 Å². The third-order valence-electron chi connectivity index (χ3n) is 2.96. The largest absolute Gasteiger partial charge is 0.333 e. The van der Waals surface area contributed by atoms with Gasteiger partial charge in [0.25, 0.3) is 0 Å². The topological polar surface area (TPSA) is 57.8 Å². The first-order valence-electron chi connectivity index (χ1n) is 6.54. The fourth-order valence-electron chi connectivity index (χ4n) is 1.94. The lowest BCUT2D eigenvalue weighted by Crippen LogP contribution is -2.15. The number of hydrogen-bond donors (Lipinski definition) is 2. The van der Waals surface area contributed by atoms with Crippen molar-refractivity contribution in [2.75, 3.05) is 11.1 Å². The second kappa shape index (κ2) is 6.55. The molecule has 0 radical (unpaired) electrons. The number of halogens is 3. The van der Waals surface area contributed by atoms with Crippen molar-refractivity contribution in [3.8, 4) is 0 Å². The Balaban J connectivity index is 1.64. The lowest BCUT2D eigenvalue weighted by Gasteiger charge is -2.05. The molecule has 0 atom stereocenters. The predicted molar refractivity (Wildman–Crippen MR) is 86.8 cm³/mol. The monoisotopic (exact) mass is 353 g/mol. The summed E-state index contributed by atoms with van der Waals surface area (Å²) in [4.78, 5) is 19.2. The van der Waals surface area contributed by atoms with Gasteiger partial charge in [-0.3, -0.25) is 4.79 Å². The Morgan fingerprint density at radius 1 is 1.26 bits per heavy atom. The molecule has 0 bridgehead atoms. The molecule has 0 aliphatic heterocycles. The zero-order valence-corrected chi connectivity index (χ0v) is 13.1. The summed E-state index contributed by atoms with van der Waals surface area (Å²) in [6.45, 7) is 0. The van der Waals surface area contributed by atoms with Crippen molar-refractivity contribution >= 4 is 46.0 Å². The molecule has 3 aromatic rings. The van der Waals surface area contributed by atoms with Crippen LogP contribution in [0.2, 0.25) is 5.02 Å². The minimum Gasteiger partial charge on any atom is -0.333 e. The number of thioether (sulfide) groups is 1. The van der Waals surface area contributed by atoms with Crippen LogP contribution in [0, 0.1) is 11.6 Å². The van der Waals surface area contributed by atoms with Crippen molar-refractivity contribution in [1.29, 1.82) is 0 Å². The SMILES string of the molecule is O=C(CSc1nc2ccc(Cl)cc2[nH]1)Nc1cc(F)ccc1F. The van der Waals surface area contributed by atoms with Crippen LogP contribution in [0.4, 0.5) is 14.5 Å². The number of hydrogen-bond acceptors (Lipinski definition) is 3. The molecule has 0 aliphatic carbocycles. The number of imidazole rings is 1. The van der Waals surface area contributed by atoms with Crippen LogP contribution in [0.3, 0.4) is 0 Å². The van der Waals surface area contributed by atoms with Crippen LogP contribution in [0.5, 0.6) is 0 Å². The highest BCUT2D eigenvalue weighted by atomic mass is 35.5. The Kier molecular flexibility index (Phi) is 4.49. The van der Waals surface area contributed by atoms with Gasteiger partial charge in [-0.2, -0.15) is 0 Å². The quantitative estimate of drug-likeness (QED) is 0.690. The molecule has 2 aromatic carbocycles. The molecular formula is C15H10ClF2N3OS. The molecule has 23 heavy (non-hydrogen) atoms. The molecule has 1 aromatic heterocycles. The van der Waals surface area contributed by atoms with E-state index in [0.717, 1.165) is 41.0 Å². The molecule has 2 N–H and O–H groups in total. The van der Waals surface area contributed by atoms with Gasteiger partial charge >= 0.3 is 0 Å². The van der Waals surface area contributed by atoms with E-state index in [2.05, 4.69) is 15.3 Å². The maximum atomic E-state index is 13.5. The van der Waals surface area contributed by atoms with Gasteiger partial charge in [0.1, 0.15) is 11.6 Å². The molecule has 0 spiro atoms. The van der Waals surface area contributed by atoms with E-state index in [9.17, 15) is 13.6 Å². The Bertz CT molecular complexity index is 884. The lowest BCUT2D eigenvalue weighted by atomic mass is 10.3. The highest BCUT2D eigenvalue weighted by Gasteiger charge is 2.10. The van der Waals surface area contributed by atoms with Gasteiger partial charge in [0, 0.05) is 11.1 Å². The van der Waals surface area contributed by atoms with Crippen LogP contribution in [0.1, 0.15) is 0 Å². The summed E-state index contributed by atoms with van der Waals surface area (Å²) in [7, 11) is 0.